The van der Waals surface area contributed by atoms with Crippen molar-refractivity contribution in [2.45, 2.75) is 45.1 Å². The van der Waals surface area contributed by atoms with Crippen LogP contribution in [0.4, 0.5) is 0 Å². The van der Waals surface area contributed by atoms with Gasteiger partial charge in [-0.3, -0.25) is 4.79 Å². The Balaban J connectivity index is 1.60. The molecule has 3 nitrogen and oxygen atoms in total. The summed E-state index contributed by atoms with van der Waals surface area (Å²) in [5.74, 6) is 0.142. The molecule has 1 saturated heterocycles. The lowest BCUT2D eigenvalue weighted by Crippen LogP contribution is -2.26. The van der Waals surface area contributed by atoms with Crippen LogP contribution in [0.25, 0.3) is 0 Å². The van der Waals surface area contributed by atoms with Crippen LogP contribution in [0.15, 0.2) is 24.3 Å². The molecule has 0 aliphatic carbocycles. The first-order valence-electron chi connectivity index (χ1n) is 7.18. The zero-order valence-electron chi connectivity index (χ0n) is 11.7. The first-order valence-corrected chi connectivity index (χ1v) is 7.18. The summed E-state index contributed by atoms with van der Waals surface area (Å²) in [6.07, 6.45) is 4.89. The summed E-state index contributed by atoms with van der Waals surface area (Å²) in [7, 11) is 0. The number of aryl methyl sites for hydroxylation is 1. The minimum atomic E-state index is 0.142. The monoisotopic (exact) mass is 261 g/mol. The molecule has 1 aromatic rings. The fourth-order valence-electron chi connectivity index (χ4n) is 2.47. The molecule has 0 bridgehead atoms. The second-order valence-corrected chi connectivity index (χ2v) is 5.26. The minimum Gasteiger partial charge on any atom is -0.378 e. The van der Waals surface area contributed by atoms with Crippen molar-refractivity contribution in [1.29, 1.82) is 0 Å². The van der Waals surface area contributed by atoms with Gasteiger partial charge in [-0.05, 0) is 38.2 Å². The number of rotatable bonds is 6. The number of ether oxygens (including phenoxy) is 1. The highest BCUT2D eigenvalue weighted by Gasteiger charge is 2.16. The van der Waals surface area contributed by atoms with Crippen LogP contribution < -0.4 is 5.32 Å². The van der Waals surface area contributed by atoms with Crippen molar-refractivity contribution >= 4 is 5.91 Å². The van der Waals surface area contributed by atoms with Crippen molar-refractivity contribution in [3.05, 3.63) is 35.4 Å². The maximum Gasteiger partial charge on any atom is 0.220 e. The maximum absolute atomic E-state index is 11.7. The summed E-state index contributed by atoms with van der Waals surface area (Å²) in [5.41, 5.74) is 2.54. The van der Waals surface area contributed by atoms with Crippen LogP contribution in [0.2, 0.25) is 0 Å². The second-order valence-electron chi connectivity index (χ2n) is 5.26. The molecule has 1 heterocycles. The van der Waals surface area contributed by atoms with Gasteiger partial charge in [0.2, 0.25) is 5.91 Å². The van der Waals surface area contributed by atoms with Gasteiger partial charge < -0.3 is 10.1 Å². The molecule has 1 aliphatic rings. The van der Waals surface area contributed by atoms with E-state index < -0.39 is 0 Å². The molecule has 1 N–H and O–H groups in total. The van der Waals surface area contributed by atoms with Crippen molar-refractivity contribution in [1.82, 2.24) is 5.32 Å². The van der Waals surface area contributed by atoms with E-state index in [-0.39, 0.29) is 5.91 Å². The van der Waals surface area contributed by atoms with Crippen LogP contribution in [0.3, 0.4) is 0 Å². The van der Waals surface area contributed by atoms with E-state index in [1.54, 1.807) is 0 Å². The van der Waals surface area contributed by atoms with Crippen LogP contribution in [0.1, 0.15) is 36.8 Å². The lowest BCUT2D eigenvalue weighted by atomic mass is 10.1. The summed E-state index contributed by atoms with van der Waals surface area (Å²) in [5, 5.41) is 2.98. The van der Waals surface area contributed by atoms with E-state index in [1.165, 1.54) is 11.1 Å². The minimum absolute atomic E-state index is 0.142. The number of nitrogens with one attached hydrogen (secondary N) is 1. The Labute approximate surface area is 115 Å². The Bertz CT molecular complexity index is 411. The van der Waals surface area contributed by atoms with Crippen LogP contribution >= 0.6 is 0 Å². The van der Waals surface area contributed by atoms with Crippen LogP contribution in [-0.4, -0.2) is 25.2 Å². The third-order valence-electron chi connectivity index (χ3n) is 3.54. The number of amides is 1. The molecule has 0 saturated carbocycles. The summed E-state index contributed by atoms with van der Waals surface area (Å²) >= 11 is 0. The third-order valence-corrected chi connectivity index (χ3v) is 3.54. The second kappa shape index (κ2) is 7.29. The number of hydrogen-bond donors (Lipinski definition) is 1. The smallest absolute Gasteiger partial charge is 0.220 e. The summed E-state index contributed by atoms with van der Waals surface area (Å²) in [6, 6.07) is 8.41. The van der Waals surface area contributed by atoms with Gasteiger partial charge in [-0.25, -0.2) is 0 Å². The van der Waals surface area contributed by atoms with E-state index in [9.17, 15) is 4.79 Å². The fraction of sp³-hybridized carbons (Fsp3) is 0.562. The van der Waals surface area contributed by atoms with Crippen molar-refractivity contribution in [3.8, 4) is 0 Å². The average molecular weight is 261 g/mol. The van der Waals surface area contributed by atoms with Crippen molar-refractivity contribution in [3.63, 3.8) is 0 Å². The normalized spacial score (nSPS) is 18.5. The SMILES string of the molecule is Cc1cccc(CCNC(=O)CC[C@H]2CCCO2)c1. The fourth-order valence-corrected chi connectivity index (χ4v) is 2.47. The standard InChI is InChI=1S/C16H23NO2/c1-13-4-2-5-14(12-13)9-10-17-16(18)8-7-15-6-3-11-19-15/h2,4-5,12,15H,3,6-11H2,1H3,(H,17,18)/t15-/m1/s1. The first kappa shape index (κ1) is 14.1. The van der Waals surface area contributed by atoms with Gasteiger partial charge in [-0.15, -0.1) is 0 Å². The third kappa shape index (κ3) is 5.03. The van der Waals surface area contributed by atoms with Crippen LogP contribution in [0.5, 0.6) is 0 Å². The van der Waals surface area contributed by atoms with E-state index in [4.69, 9.17) is 4.74 Å². The van der Waals surface area contributed by atoms with Crippen LogP contribution in [0, 0.1) is 6.92 Å². The zero-order chi connectivity index (χ0) is 13.5. The summed E-state index contributed by atoms with van der Waals surface area (Å²) in [6.45, 7) is 3.66. The topological polar surface area (TPSA) is 38.3 Å². The molecule has 0 spiro atoms. The molecular formula is C16H23NO2. The van der Waals surface area contributed by atoms with E-state index in [0.29, 0.717) is 19.1 Å². The Hall–Kier alpha value is -1.35. The summed E-state index contributed by atoms with van der Waals surface area (Å²) < 4.78 is 5.51. The molecule has 1 aromatic carbocycles. The zero-order valence-corrected chi connectivity index (χ0v) is 11.7. The first-order chi connectivity index (χ1) is 9.24. The van der Waals surface area contributed by atoms with E-state index in [1.807, 2.05) is 0 Å². The van der Waals surface area contributed by atoms with E-state index in [0.717, 1.165) is 32.3 Å². The largest absolute Gasteiger partial charge is 0.378 e. The van der Waals surface area contributed by atoms with Crippen molar-refractivity contribution in [2.24, 2.45) is 0 Å². The number of carbonyl (C=O) groups is 1. The molecule has 2 rings (SSSR count). The molecule has 1 aliphatic heterocycles. The molecule has 19 heavy (non-hydrogen) atoms. The Morgan fingerprint density at radius 2 is 2.37 bits per heavy atom. The highest BCUT2D eigenvalue weighted by Crippen LogP contribution is 2.16. The highest BCUT2D eigenvalue weighted by molar-refractivity contribution is 5.75. The van der Waals surface area contributed by atoms with Gasteiger partial charge in [0, 0.05) is 19.6 Å². The van der Waals surface area contributed by atoms with Gasteiger partial charge in [0.05, 0.1) is 6.10 Å². The van der Waals surface area contributed by atoms with Gasteiger partial charge in [0.1, 0.15) is 0 Å². The number of benzene rings is 1. The maximum atomic E-state index is 11.7. The molecule has 1 fully saturated rings. The molecule has 0 aromatic heterocycles. The molecule has 0 radical (unpaired) electrons. The van der Waals surface area contributed by atoms with Gasteiger partial charge in [0.25, 0.3) is 0 Å². The predicted molar refractivity (Wildman–Crippen MR) is 76.1 cm³/mol. The van der Waals surface area contributed by atoms with Gasteiger partial charge in [-0.1, -0.05) is 29.8 Å². The molecule has 3 heteroatoms. The predicted octanol–water partition coefficient (Wildman–Crippen LogP) is 2.61. The Kier molecular flexibility index (Phi) is 5.40. The molecule has 1 atom stereocenters. The number of carbonyl (C=O) groups excluding carboxylic acids is 1. The van der Waals surface area contributed by atoms with Gasteiger partial charge in [-0.2, -0.15) is 0 Å². The Morgan fingerprint density at radius 3 is 3.11 bits per heavy atom. The molecule has 104 valence electrons. The van der Waals surface area contributed by atoms with Crippen LogP contribution in [-0.2, 0) is 16.0 Å². The molecule has 0 unspecified atom stereocenters. The highest BCUT2D eigenvalue weighted by atomic mass is 16.5. The Morgan fingerprint density at radius 1 is 1.47 bits per heavy atom. The van der Waals surface area contributed by atoms with Crippen molar-refractivity contribution < 1.29 is 9.53 Å². The van der Waals surface area contributed by atoms with E-state index in [2.05, 4.69) is 36.5 Å². The number of hydrogen-bond acceptors (Lipinski definition) is 2. The average Bonchev–Trinajstić information content (AvgIpc) is 2.89. The summed E-state index contributed by atoms with van der Waals surface area (Å²) in [4.78, 5) is 11.7. The van der Waals surface area contributed by atoms with Crippen molar-refractivity contribution in [2.75, 3.05) is 13.2 Å². The lowest BCUT2D eigenvalue weighted by Gasteiger charge is -2.09. The van der Waals surface area contributed by atoms with E-state index >= 15 is 0 Å². The molecular weight excluding hydrogens is 238 g/mol. The van der Waals surface area contributed by atoms with Gasteiger partial charge >= 0.3 is 0 Å². The molecule has 1 amide bonds. The lowest BCUT2D eigenvalue weighted by molar-refractivity contribution is -0.121. The van der Waals surface area contributed by atoms with Gasteiger partial charge in [0.15, 0.2) is 0 Å². The quantitative estimate of drug-likeness (QED) is 0.855.